The highest BCUT2D eigenvalue weighted by Gasteiger charge is 2.23. The van der Waals surface area contributed by atoms with Crippen molar-refractivity contribution in [3.8, 4) is 5.75 Å². The highest BCUT2D eigenvalue weighted by atomic mass is 79.9. The van der Waals surface area contributed by atoms with Gasteiger partial charge in [0.1, 0.15) is 5.75 Å². The lowest BCUT2D eigenvalue weighted by molar-refractivity contribution is -0.118. The van der Waals surface area contributed by atoms with Gasteiger partial charge in [-0.05, 0) is 87.5 Å². The molecule has 3 rings (SSSR count). The van der Waals surface area contributed by atoms with E-state index in [-0.39, 0.29) is 18.4 Å². The minimum absolute atomic E-state index is 0.118. The number of amides is 2. The number of rotatable bonds is 6. The maximum Gasteiger partial charge on any atom is 0.262 e. The summed E-state index contributed by atoms with van der Waals surface area (Å²) in [5.41, 5.74) is 2.16. The van der Waals surface area contributed by atoms with Crippen molar-refractivity contribution in [2.45, 2.75) is 25.8 Å². The lowest BCUT2D eigenvalue weighted by Gasteiger charge is -2.12. The van der Waals surface area contributed by atoms with Gasteiger partial charge in [0.05, 0.1) is 8.95 Å². The first-order valence-electron chi connectivity index (χ1n) is 8.21. The van der Waals surface area contributed by atoms with Crippen LogP contribution in [0.1, 0.15) is 28.8 Å². The first-order chi connectivity index (χ1) is 12.4. The molecule has 0 bridgehead atoms. The second kappa shape index (κ2) is 8.22. The molecule has 0 atom stereocenters. The molecule has 0 heterocycles. The van der Waals surface area contributed by atoms with Gasteiger partial charge in [0.25, 0.3) is 11.8 Å². The molecule has 136 valence electrons. The summed E-state index contributed by atoms with van der Waals surface area (Å²) in [6.45, 7) is 1.83. The van der Waals surface area contributed by atoms with Gasteiger partial charge in [0, 0.05) is 17.3 Å². The lowest BCUT2D eigenvalue weighted by Crippen LogP contribution is -2.25. The van der Waals surface area contributed by atoms with Crippen molar-refractivity contribution in [3.63, 3.8) is 0 Å². The molecule has 2 N–H and O–H groups in total. The molecular formula is C19H18Br2N2O3. The second-order valence-electron chi connectivity index (χ2n) is 6.22. The summed E-state index contributed by atoms with van der Waals surface area (Å²) < 4.78 is 7.16. The Morgan fingerprint density at radius 3 is 2.50 bits per heavy atom. The Bertz CT molecular complexity index is 827. The molecule has 2 amide bonds. The van der Waals surface area contributed by atoms with Crippen LogP contribution in [0.3, 0.4) is 0 Å². The van der Waals surface area contributed by atoms with Gasteiger partial charge >= 0.3 is 0 Å². The molecule has 7 heteroatoms. The average Bonchev–Trinajstić information content (AvgIpc) is 3.38. The van der Waals surface area contributed by atoms with Crippen LogP contribution in [-0.2, 0) is 4.79 Å². The molecule has 26 heavy (non-hydrogen) atoms. The Labute approximate surface area is 168 Å². The Kier molecular flexibility index (Phi) is 5.98. The van der Waals surface area contributed by atoms with Crippen molar-refractivity contribution >= 4 is 49.4 Å². The van der Waals surface area contributed by atoms with Gasteiger partial charge in [-0.3, -0.25) is 9.59 Å². The van der Waals surface area contributed by atoms with E-state index in [1.165, 1.54) is 0 Å². The molecule has 2 aromatic carbocycles. The summed E-state index contributed by atoms with van der Waals surface area (Å²) >= 11 is 6.87. The monoisotopic (exact) mass is 480 g/mol. The summed E-state index contributed by atoms with van der Waals surface area (Å²) in [5, 5.41) is 5.68. The number of anilines is 1. The molecule has 0 spiro atoms. The fraction of sp³-hybridized carbons (Fsp3) is 0.263. The highest BCUT2D eigenvalue weighted by molar-refractivity contribution is 9.11. The fourth-order valence-corrected chi connectivity index (χ4v) is 4.04. The van der Waals surface area contributed by atoms with Crippen molar-refractivity contribution in [3.05, 3.63) is 56.5 Å². The van der Waals surface area contributed by atoms with Crippen LogP contribution in [0.4, 0.5) is 5.69 Å². The molecule has 0 aromatic heterocycles. The second-order valence-corrected chi connectivity index (χ2v) is 7.93. The summed E-state index contributed by atoms with van der Waals surface area (Å²) in [4.78, 5) is 24.3. The number of carbonyl (C=O) groups is 2. The van der Waals surface area contributed by atoms with Crippen molar-refractivity contribution in [2.24, 2.45) is 0 Å². The van der Waals surface area contributed by atoms with E-state index in [2.05, 4.69) is 42.5 Å². The van der Waals surface area contributed by atoms with E-state index >= 15 is 0 Å². The van der Waals surface area contributed by atoms with Crippen LogP contribution in [0.2, 0.25) is 0 Å². The number of halogens is 2. The van der Waals surface area contributed by atoms with Crippen molar-refractivity contribution in [1.29, 1.82) is 0 Å². The minimum Gasteiger partial charge on any atom is -0.481 e. The van der Waals surface area contributed by atoms with Gasteiger partial charge < -0.3 is 15.4 Å². The highest BCUT2D eigenvalue weighted by Crippen LogP contribution is 2.34. The number of aryl methyl sites for hydroxylation is 1. The number of carbonyl (C=O) groups excluding carboxylic acids is 2. The summed E-state index contributed by atoms with van der Waals surface area (Å²) in [6.07, 6.45) is 2.06. The lowest BCUT2D eigenvalue weighted by atomic mass is 10.2. The molecule has 1 fully saturated rings. The molecule has 2 aromatic rings. The first kappa shape index (κ1) is 18.9. The maximum atomic E-state index is 12.2. The Morgan fingerprint density at radius 2 is 1.85 bits per heavy atom. The molecule has 0 unspecified atom stereocenters. The predicted molar refractivity (Wildman–Crippen MR) is 108 cm³/mol. The number of benzene rings is 2. The molecule has 5 nitrogen and oxygen atoms in total. The molecule has 1 aliphatic rings. The maximum absolute atomic E-state index is 12.2. The van der Waals surface area contributed by atoms with E-state index in [4.69, 9.17) is 4.74 Å². The fourth-order valence-electron chi connectivity index (χ4n) is 2.39. The van der Waals surface area contributed by atoms with Crippen LogP contribution < -0.4 is 15.4 Å². The third-order valence-corrected chi connectivity index (χ3v) is 4.99. The average molecular weight is 482 g/mol. The zero-order valence-electron chi connectivity index (χ0n) is 14.1. The minimum atomic E-state index is -0.302. The van der Waals surface area contributed by atoms with Gasteiger partial charge in [-0.2, -0.15) is 0 Å². The number of hydrogen-bond donors (Lipinski definition) is 2. The molecular weight excluding hydrogens is 464 g/mol. The van der Waals surface area contributed by atoms with Crippen molar-refractivity contribution in [1.82, 2.24) is 5.32 Å². The molecule has 0 saturated heterocycles. The van der Waals surface area contributed by atoms with Gasteiger partial charge in [-0.15, -0.1) is 0 Å². The molecule has 1 aliphatic carbocycles. The van der Waals surface area contributed by atoms with E-state index < -0.39 is 0 Å². The molecule has 0 aliphatic heterocycles. The molecule has 0 radical (unpaired) electrons. The van der Waals surface area contributed by atoms with E-state index in [9.17, 15) is 9.59 Å². The summed E-state index contributed by atoms with van der Waals surface area (Å²) in [6, 6.07) is 11.0. The third kappa shape index (κ3) is 5.08. The third-order valence-electron chi connectivity index (χ3n) is 3.81. The van der Waals surface area contributed by atoms with E-state index in [0.717, 1.165) is 27.4 Å². The first-order valence-corrected chi connectivity index (χ1v) is 9.80. The van der Waals surface area contributed by atoms with Crippen LogP contribution in [0.25, 0.3) is 0 Å². The Hall–Kier alpha value is -1.86. The van der Waals surface area contributed by atoms with Gasteiger partial charge in [0.2, 0.25) is 0 Å². The van der Waals surface area contributed by atoms with Crippen LogP contribution in [0.15, 0.2) is 45.3 Å². The van der Waals surface area contributed by atoms with Crippen molar-refractivity contribution < 1.29 is 14.3 Å². The van der Waals surface area contributed by atoms with Crippen LogP contribution >= 0.6 is 31.9 Å². The van der Waals surface area contributed by atoms with Crippen molar-refractivity contribution in [2.75, 3.05) is 11.9 Å². The van der Waals surface area contributed by atoms with Crippen LogP contribution in [0.5, 0.6) is 5.75 Å². The Morgan fingerprint density at radius 1 is 1.15 bits per heavy atom. The smallest absolute Gasteiger partial charge is 0.262 e. The Balaban J connectivity index is 1.59. The zero-order chi connectivity index (χ0) is 18.7. The normalized spacial score (nSPS) is 13.2. The molecule has 1 saturated carbocycles. The zero-order valence-corrected chi connectivity index (χ0v) is 17.3. The van der Waals surface area contributed by atoms with Gasteiger partial charge in [-0.25, -0.2) is 0 Å². The predicted octanol–water partition coefficient (Wildman–Crippen LogP) is 4.43. The number of hydrogen-bond acceptors (Lipinski definition) is 3. The van der Waals surface area contributed by atoms with E-state index in [0.29, 0.717) is 23.0 Å². The largest absolute Gasteiger partial charge is 0.481 e. The SMILES string of the molecule is Cc1cc(Br)c(OCC(=O)Nc2cccc(C(=O)NC3CC3)c2)c(Br)c1. The number of nitrogens with one attached hydrogen (secondary N) is 2. The number of ether oxygens (including phenoxy) is 1. The summed E-state index contributed by atoms with van der Waals surface area (Å²) in [7, 11) is 0. The van der Waals surface area contributed by atoms with Crippen LogP contribution in [-0.4, -0.2) is 24.5 Å². The van der Waals surface area contributed by atoms with Gasteiger partial charge in [0.15, 0.2) is 6.61 Å². The van der Waals surface area contributed by atoms with E-state index in [1.54, 1.807) is 24.3 Å². The van der Waals surface area contributed by atoms with Crippen LogP contribution in [0, 0.1) is 6.92 Å². The summed E-state index contributed by atoms with van der Waals surface area (Å²) in [5.74, 6) is 0.153. The van der Waals surface area contributed by atoms with Gasteiger partial charge in [-0.1, -0.05) is 6.07 Å². The van der Waals surface area contributed by atoms with E-state index in [1.807, 2.05) is 19.1 Å². The topological polar surface area (TPSA) is 67.4 Å². The quantitative estimate of drug-likeness (QED) is 0.641. The standard InChI is InChI=1S/C19H18Br2N2O3/c1-11-7-15(20)18(16(21)8-11)26-10-17(24)22-14-4-2-3-12(9-14)19(25)23-13-5-6-13/h2-4,7-9,13H,5-6,10H2,1H3,(H,22,24)(H,23,25).